The maximum absolute atomic E-state index is 14.5. The van der Waals surface area contributed by atoms with Crippen LogP contribution in [-0.2, 0) is 13.0 Å². The Labute approximate surface area is 194 Å². The summed E-state index contributed by atoms with van der Waals surface area (Å²) in [5.74, 6) is -2.22. The highest BCUT2D eigenvalue weighted by molar-refractivity contribution is 5.98. The number of halogens is 2. The van der Waals surface area contributed by atoms with Crippen molar-refractivity contribution in [3.63, 3.8) is 0 Å². The average Bonchev–Trinajstić information content (AvgIpc) is 2.80. The quantitative estimate of drug-likeness (QED) is 0.482. The third-order valence-electron chi connectivity index (χ3n) is 5.52. The van der Waals surface area contributed by atoms with Crippen molar-refractivity contribution in [1.29, 1.82) is 0 Å². The normalized spacial score (nSPS) is 13.2. The van der Waals surface area contributed by atoms with E-state index < -0.39 is 23.2 Å². The van der Waals surface area contributed by atoms with Crippen LogP contribution in [0.3, 0.4) is 0 Å². The summed E-state index contributed by atoms with van der Waals surface area (Å²) in [6, 6.07) is 5.92. The van der Waals surface area contributed by atoms with Crippen molar-refractivity contribution in [1.82, 2.24) is 14.9 Å². The molecule has 4 rings (SSSR count). The number of benzene rings is 2. The molecule has 4 N–H and O–H groups in total. The Hall–Kier alpha value is -3.99. The highest BCUT2D eigenvalue weighted by atomic mass is 19.1. The van der Waals surface area contributed by atoms with E-state index in [1.54, 1.807) is 7.11 Å². The number of aromatic nitrogens is 2. The maximum atomic E-state index is 14.5. The minimum Gasteiger partial charge on any atom is -0.497 e. The van der Waals surface area contributed by atoms with Gasteiger partial charge in [-0.15, -0.1) is 0 Å². The van der Waals surface area contributed by atoms with Crippen molar-refractivity contribution in [3.05, 3.63) is 58.8 Å². The summed E-state index contributed by atoms with van der Waals surface area (Å²) in [6.07, 6.45) is 2.08. The van der Waals surface area contributed by atoms with E-state index in [4.69, 9.17) is 15.2 Å². The molecule has 2 heterocycles. The number of primary amides is 1. The largest absolute Gasteiger partial charge is 0.497 e. The number of carbonyl (C=O) groups is 1. The van der Waals surface area contributed by atoms with Gasteiger partial charge < -0.3 is 30.7 Å². The lowest BCUT2D eigenvalue weighted by atomic mass is 9.99. The van der Waals surface area contributed by atoms with E-state index in [1.165, 1.54) is 18.9 Å². The topological polar surface area (TPSA) is 115 Å². The van der Waals surface area contributed by atoms with Gasteiger partial charge in [0.25, 0.3) is 5.91 Å². The first-order valence-electron chi connectivity index (χ1n) is 10.4. The Morgan fingerprint density at radius 3 is 2.47 bits per heavy atom. The highest BCUT2D eigenvalue weighted by Crippen LogP contribution is 2.34. The molecular weight excluding hydrogens is 446 g/mol. The fraction of sp³-hybridized carbons (Fsp3) is 0.261. The lowest BCUT2D eigenvalue weighted by molar-refractivity contribution is 0.100. The predicted octanol–water partition coefficient (Wildman–Crippen LogP) is 3.35. The average molecular weight is 470 g/mol. The van der Waals surface area contributed by atoms with Crippen LogP contribution in [0.4, 0.5) is 31.9 Å². The summed E-state index contributed by atoms with van der Waals surface area (Å²) in [5.41, 5.74) is 7.70. The van der Waals surface area contributed by atoms with Crippen LogP contribution in [0.15, 0.2) is 30.5 Å². The summed E-state index contributed by atoms with van der Waals surface area (Å²) < 4.78 is 39.3. The van der Waals surface area contributed by atoms with Gasteiger partial charge in [-0.05, 0) is 36.7 Å². The Morgan fingerprint density at radius 2 is 1.82 bits per heavy atom. The Balaban J connectivity index is 1.70. The van der Waals surface area contributed by atoms with E-state index in [0.717, 1.165) is 37.2 Å². The first kappa shape index (κ1) is 23.2. The SMILES string of the molecule is COc1cc(F)c(Nc2nc(Nc3cc4c(cc3OC)CCN(C)C4)ncc2C(N)=O)c(F)c1. The number of amides is 1. The number of methoxy groups -OCH3 is 2. The molecule has 2 aromatic carbocycles. The highest BCUT2D eigenvalue weighted by Gasteiger charge is 2.20. The molecule has 1 aliphatic rings. The maximum Gasteiger partial charge on any atom is 0.254 e. The molecule has 178 valence electrons. The smallest absolute Gasteiger partial charge is 0.254 e. The van der Waals surface area contributed by atoms with Crippen molar-refractivity contribution < 1.29 is 23.0 Å². The van der Waals surface area contributed by atoms with Crippen LogP contribution in [0.1, 0.15) is 21.5 Å². The van der Waals surface area contributed by atoms with Gasteiger partial charge in [-0.1, -0.05) is 0 Å². The van der Waals surface area contributed by atoms with E-state index in [1.807, 2.05) is 19.2 Å². The van der Waals surface area contributed by atoms with Crippen molar-refractivity contribution in [3.8, 4) is 11.5 Å². The van der Waals surface area contributed by atoms with Gasteiger partial charge in [0.1, 0.15) is 28.6 Å². The summed E-state index contributed by atoms with van der Waals surface area (Å²) in [6.45, 7) is 1.73. The van der Waals surface area contributed by atoms with Crippen LogP contribution in [0.5, 0.6) is 11.5 Å². The molecule has 0 unspecified atom stereocenters. The van der Waals surface area contributed by atoms with Crippen molar-refractivity contribution in [2.75, 3.05) is 38.4 Å². The fourth-order valence-corrected chi connectivity index (χ4v) is 3.74. The van der Waals surface area contributed by atoms with E-state index in [-0.39, 0.29) is 23.1 Å². The summed E-state index contributed by atoms with van der Waals surface area (Å²) in [4.78, 5) is 22.5. The molecule has 0 atom stereocenters. The minimum atomic E-state index is -0.930. The predicted molar refractivity (Wildman–Crippen MR) is 123 cm³/mol. The van der Waals surface area contributed by atoms with Crippen LogP contribution in [-0.4, -0.2) is 48.6 Å². The number of anilines is 4. The van der Waals surface area contributed by atoms with E-state index in [2.05, 4.69) is 25.5 Å². The second-order valence-electron chi connectivity index (χ2n) is 7.85. The molecule has 34 heavy (non-hydrogen) atoms. The van der Waals surface area contributed by atoms with E-state index in [0.29, 0.717) is 11.4 Å². The Kier molecular flexibility index (Phi) is 6.46. The molecular formula is C23H24F2N6O3. The number of nitrogens with one attached hydrogen (secondary N) is 2. The van der Waals surface area contributed by atoms with Crippen LogP contribution < -0.4 is 25.8 Å². The molecule has 3 aromatic rings. The minimum absolute atomic E-state index is 0.00543. The monoisotopic (exact) mass is 470 g/mol. The van der Waals surface area contributed by atoms with Crippen molar-refractivity contribution >= 4 is 29.0 Å². The van der Waals surface area contributed by atoms with Gasteiger partial charge in [-0.3, -0.25) is 4.79 Å². The van der Waals surface area contributed by atoms with Gasteiger partial charge in [0.15, 0.2) is 11.6 Å². The number of likely N-dealkylation sites (N-methyl/N-ethyl adjacent to an activating group) is 1. The summed E-state index contributed by atoms with van der Waals surface area (Å²) >= 11 is 0. The summed E-state index contributed by atoms with van der Waals surface area (Å²) in [5, 5.41) is 5.58. The van der Waals surface area contributed by atoms with Gasteiger partial charge in [0.2, 0.25) is 5.95 Å². The zero-order valence-corrected chi connectivity index (χ0v) is 18.9. The molecule has 9 nitrogen and oxygen atoms in total. The van der Waals surface area contributed by atoms with Crippen molar-refractivity contribution in [2.24, 2.45) is 5.73 Å². The molecule has 0 bridgehead atoms. The van der Waals surface area contributed by atoms with Crippen LogP contribution in [0.25, 0.3) is 0 Å². The molecule has 1 aliphatic heterocycles. The van der Waals surface area contributed by atoms with Gasteiger partial charge >= 0.3 is 0 Å². The third-order valence-corrected chi connectivity index (χ3v) is 5.52. The molecule has 0 aliphatic carbocycles. The second-order valence-corrected chi connectivity index (χ2v) is 7.85. The number of hydrogen-bond acceptors (Lipinski definition) is 8. The number of ether oxygens (including phenoxy) is 2. The van der Waals surface area contributed by atoms with Gasteiger partial charge in [0, 0.05) is 31.4 Å². The number of rotatable bonds is 7. The van der Waals surface area contributed by atoms with Gasteiger partial charge in [-0.25, -0.2) is 13.8 Å². The molecule has 0 fully saturated rings. The van der Waals surface area contributed by atoms with E-state index in [9.17, 15) is 13.6 Å². The molecule has 1 aromatic heterocycles. The summed E-state index contributed by atoms with van der Waals surface area (Å²) in [7, 11) is 4.89. The Morgan fingerprint density at radius 1 is 1.09 bits per heavy atom. The van der Waals surface area contributed by atoms with Crippen LogP contribution in [0, 0.1) is 11.6 Å². The lowest BCUT2D eigenvalue weighted by Gasteiger charge is -2.26. The zero-order chi connectivity index (χ0) is 24.4. The molecule has 0 saturated carbocycles. The number of fused-ring (bicyclic) bond motifs is 1. The third kappa shape index (κ3) is 4.69. The molecule has 0 radical (unpaired) electrons. The zero-order valence-electron chi connectivity index (χ0n) is 18.9. The standard InChI is InChI=1S/C23H24F2N6O3/c1-31-5-4-12-7-19(34-3)18(6-13(12)11-31)28-23-27-10-15(21(26)32)22(30-23)29-20-16(24)8-14(33-2)9-17(20)25/h6-10H,4-5,11H2,1-3H3,(H2,26,32)(H2,27,28,29,30). The number of carbonyl (C=O) groups excluding carboxylic acids is 1. The van der Waals surface area contributed by atoms with Crippen LogP contribution >= 0.6 is 0 Å². The van der Waals surface area contributed by atoms with Gasteiger partial charge in [-0.2, -0.15) is 4.98 Å². The first-order chi connectivity index (χ1) is 16.3. The van der Waals surface area contributed by atoms with Crippen LogP contribution in [0.2, 0.25) is 0 Å². The van der Waals surface area contributed by atoms with Gasteiger partial charge in [0.05, 0.1) is 19.9 Å². The van der Waals surface area contributed by atoms with E-state index >= 15 is 0 Å². The number of hydrogen-bond donors (Lipinski definition) is 3. The molecule has 1 amide bonds. The molecule has 11 heteroatoms. The first-order valence-corrected chi connectivity index (χ1v) is 10.4. The molecule has 0 spiro atoms. The Bertz CT molecular complexity index is 1230. The van der Waals surface area contributed by atoms with Crippen molar-refractivity contribution in [2.45, 2.75) is 13.0 Å². The number of nitrogens with two attached hydrogens (primary N) is 1. The molecule has 0 saturated heterocycles. The lowest BCUT2D eigenvalue weighted by Crippen LogP contribution is -2.26. The number of nitrogens with zero attached hydrogens (tertiary/aromatic N) is 3. The second kappa shape index (κ2) is 9.48. The fourth-order valence-electron chi connectivity index (χ4n) is 3.74.